The molecule has 5 heterocycles. The predicted molar refractivity (Wildman–Crippen MR) is 115 cm³/mol. The Morgan fingerprint density at radius 1 is 1.22 bits per heavy atom. The van der Waals surface area contributed by atoms with Gasteiger partial charge >= 0.3 is 0 Å². The molecule has 0 spiro atoms. The van der Waals surface area contributed by atoms with Gasteiger partial charge in [-0.05, 0) is 19.9 Å². The van der Waals surface area contributed by atoms with Gasteiger partial charge in [-0.15, -0.1) is 0 Å². The van der Waals surface area contributed by atoms with Crippen LogP contribution in [0.1, 0.15) is 29.7 Å². The fourth-order valence-electron chi connectivity index (χ4n) is 3.89. The summed E-state index contributed by atoms with van der Waals surface area (Å²) >= 11 is 0. The highest BCUT2D eigenvalue weighted by Crippen LogP contribution is 2.29. The second kappa shape index (κ2) is 7.98. The van der Waals surface area contributed by atoms with Crippen molar-refractivity contribution >= 4 is 17.1 Å². The zero-order chi connectivity index (χ0) is 22.2. The van der Waals surface area contributed by atoms with Gasteiger partial charge in [0, 0.05) is 45.1 Å². The van der Waals surface area contributed by atoms with Gasteiger partial charge in [-0.1, -0.05) is 0 Å². The van der Waals surface area contributed by atoms with Crippen LogP contribution in [0.5, 0.6) is 5.88 Å². The van der Waals surface area contributed by atoms with E-state index in [2.05, 4.69) is 25.0 Å². The lowest BCUT2D eigenvalue weighted by Gasteiger charge is -2.16. The minimum absolute atomic E-state index is 0.0959. The summed E-state index contributed by atoms with van der Waals surface area (Å²) < 4.78 is 9.81. The van der Waals surface area contributed by atoms with Crippen LogP contribution in [0.4, 0.5) is 0 Å². The third-order valence-corrected chi connectivity index (χ3v) is 5.50. The molecule has 0 aromatic carbocycles. The van der Waals surface area contributed by atoms with Crippen molar-refractivity contribution in [3.63, 3.8) is 0 Å². The maximum absolute atomic E-state index is 12.7. The lowest BCUT2D eigenvalue weighted by Crippen LogP contribution is -2.31. The van der Waals surface area contributed by atoms with Gasteiger partial charge in [-0.3, -0.25) is 9.48 Å². The largest absolute Gasteiger partial charge is 0.471 e. The molecule has 4 aromatic rings. The van der Waals surface area contributed by atoms with Crippen molar-refractivity contribution in [3.05, 3.63) is 42.5 Å². The van der Waals surface area contributed by atoms with Crippen molar-refractivity contribution in [2.75, 3.05) is 13.1 Å². The highest BCUT2D eigenvalue weighted by Gasteiger charge is 2.30. The van der Waals surface area contributed by atoms with Crippen LogP contribution in [0, 0.1) is 6.92 Å². The van der Waals surface area contributed by atoms with Crippen LogP contribution >= 0.6 is 0 Å². The molecule has 11 heteroatoms. The number of rotatable bonds is 5. The van der Waals surface area contributed by atoms with Crippen molar-refractivity contribution in [1.29, 1.82) is 0 Å². The molecular weight excluding hydrogens is 410 g/mol. The van der Waals surface area contributed by atoms with Gasteiger partial charge in [0.25, 0.3) is 5.91 Å². The molecule has 1 aliphatic heterocycles. The number of aromatic nitrogens is 8. The minimum atomic E-state index is -0.182. The summed E-state index contributed by atoms with van der Waals surface area (Å²) in [5.41, 5.74) is 2.51. The SMILES string of the molecule is CCn1c(-c2cnc(C)nc2)nc2c(OC3CCN(C(=O)c4ccn(C)n4)C3)ncnc21. The molecule has 0 bridgehead atoms. The van der Waals surface area contributed by atoms with E-state index in [1.165, 1.54) is 6.33 Å². The molecule has 5 rings (SSSR count). The first-order chi connectivity index (χ1) is 15.5. The molecule has 0 radical (unpaired) electrons. The van der Waals surface area contributed by atoms with Crippen LogP contribution < -0.4 is 4.74 Å². The Morgan fingerprint density at radius 2 is 2.03 bits per heavy atom. The van der Waals surface area contributed by atoms with Crippen molar-refractivity contribution < 1.29 is 9.53 Å². The van der Waals surface area contributed by atoms with Crippen LogP contribution in [0.3, 0.4) is 0 Å². The molecule has 1 atom stereocenters. The first-order valence-electron chi connectivity index (χ1n) is 10.5. The monoisotopic (exact) mass is 433 g/mol. The highest BCUT2D eigenvalue weighted by atomic mass is 16.5. The first kappa shape index (κ1) is 20.0. The van der Waals surface area contributed by atoms with Gasteiger partial charge < -0.3 is 14.2 Å². The Labute approximate surface area is 184 Å². The molecule has 164 valence electrons. The molecule has 0 aliphatic carbocycles. The number of carbonyl (C=O) groups is 1. The summed E-state index contributed by atoms with van der Waals surface area (Å²) in [5.74, 6) is 1.73. The molecule has 0 N–H and O–H groups in total. The third kappa shape index (κ3) is 3.55. The predicted octanol–water partition coefficient (Wildman–Crippen LogP) is 1.64. The van der Waals surface area contributed by atoms with E-state index in [1.807, 2.05) is 18.4 Å². The van der Waals surface area contributed by atoms with E-state index in [4.69, 9.17) is 9.72 Å². The lowest BCUT2D eigenvalue weighted by molar-refractivity contribution is 0.0765. The maximum Gasteiger partial charge on any atom is 0.274 e. The summed E-state index contributed by atoms with van der Waals surface area (Å²) in [4.78, 5) is 36.5. The number of nitrogens with zero attached hydrogens (tertiary/aromatic N) is 9. The number of carbonyl (C=O) groups excluding carboxylic acids is 1. The fourth-order valence-corrected chi connectivity index (χ4v) is 3.89. The van der Waals surface area contributed by atoms with Crippen LogP contribution in [-0.2, 0) is 13.6 Å². The molecule has 1 fully saturated rings. The average molecular weight is 433 g/mol. The lowest BCUT2D eigenvalue weighted by atomic mass is 10.3. The normalized spacial score (nSPS) is 16.1. The van der Waals surface area contributed by atoms with E-state index >= 15 is 0 Å². The topological polar surface area (TPSA) is 117 Å². The van der Waals surface area contributed by atoms with Crippen molar-refractivity contribution in [2.24, 2.45) is 7.05 Å². The summed E-state index contributed by atoms with van der Waals surface area (Å²) in [6.07, 6.45) is 7.27. The van der Waals surface area contributed by atoms with E-state index < -0.39 is 0 Å². The van der Waals surface area contributed by atoms with E-state index in [0.29, 0.717) is 60.4 Å². The van der Waals surface area contributed by atoms with E-state index in [1.54, 1.807) is 41.3 Å². The molecule has 1 amide bonds. The van der Waals surface area contributed by atoms with Gasteiger partial charge in [0.15, 0.2) is 11.2 Å². The molecule has 11 nitrogen and oxygen atoms in total. The summed E-state index contributed by atoms with van der Waals surface area (Å²) in [5, 5.41) is 4.20. The number of fused-ring (bicyclic) bond motifs is 1. The van der Waals surface area contributed by atoms with Crippen molar-refractivity contribution in [1.82, 2.24) is 44.2 Å². The first-order valence-corrected chi connectivity index (χ1v) is 10.5. The maximum atomic E-state index is 12.7. The number of hydrogen-bond donors (Lipinski definition) is 0. The standard InChI is InChI=1S/C21H23N9O2/c1-4-30-18(14-9-22-13(2)23-10-14)26-17-19(30)24-12-25-20(17)32-15-5-8-29(11-15)21(31)16-6-7-28(3)27-16/h6-7,9-10,12,15H,4-5,8,11H2,1-3H3. The highest BCUT2D eigenvalue weighted by molar-refractivity contribution is 5.92. The Bertz CT molecular complexity index is 1280. The minimum Gasteiger partial charge on any atom is -0.471 e. The van der Waals surface area contributed by atoms with Gasteiger partial charge in [0.1, 0.15) is 29.8 Å². The Balaban J connectivity index is 1.40. The molecule has 1 saturated heterocycles. The van der Waals surface area contributed by atoms with Crippen molar-refractivity contribution in [3.8, 4) is 17.3 Å². The summed E-state index contributed by atoms with van der Waals surface area (Å²) in [6.45, 7) is 5.61. The average Bonchev–Trinajstić information content (AvgIpc) is 3.52. The number of aryl methyl sites for hydroxylation is 3. The van der Waals surface area contributed by atoms with Crippen LogP contribution in [0.2, 0.25) is 0 Å². The fraction of sp³-hybridized carbons (Fsp3) is 0.381. The van der Waals surface area contributed by atoms with E-state index in [0.717, 1.165) is 5.56 Å². The second-order valence-electron chi connectivity index (χ2n) is 7.70. The van der Waals surface area contributed by atoms with Crippen LogP contribution in [-0.4, -0.2) is 69.3 Å². The third-order valence-electron chi connectivity index (χ3n) is 5.50. The Morgan fingerprint density at radius 3 is 2.75 bits per heavy atom. The smallest absolute Gasteiger partial charge is 0.274 e. The second-order valence-corrected chi connectivity index (χ2v) is 7.70. The van der Waals surface area contributed by atoms with E-state index in [9.17, 15) is 4.79 Å². The molecule has 4 aromatic heterocycles. The van der Waals surface area contributed by atoms with Crippen LogP contribution in [0.25, 0.3) is 22.6 Å². The van der Waals surface area contributed by atoms with Gasteiger partial charge in [-0.2, -0.15) is 10.1 Å². The van der Waals surface area contributed by atoms with Crippen molar-refractivity contribution in [2.45, 2.75) is 32.9 Å². The van der Waals surface area contributed by atoms with E-state index in [-0.39, 0.29) is 12.0 Å². The zero-order valence-corrected chi connectivity index (χ0v) is 18.1. The summed E-state index contributed by atoms with van der Waals surface area (Å²) in [6, 6.07) is 1.72. The summed E-state index contributed by atoms with van der Waals surface area (Å²) in [7, 11) is 1.79. The number of hydrogen-bond acceptors (Lipinski definition) is 8. The number of ether oxygens (including phenoxy) is 1. The Kier molecular flexibility index (Phi) is 5.00. The Hall–Kier alpha value is -3.89. The molecule has 1 aliphatic rings. The molecule has 32 heavy (non-hydrogen) atoms. The quantitative estimate of drug-likeness (QED) is 0.466. The van der Waals surface area contributed by atoms with Gasteiger partial charge in [-0.25, -0.2) is 19.9 Å². The molecule has 1 unspecified atom stereocenters. The van der Waals surface area contributed by atoms with Gasteiger partial charge in [0.05, 0.1) is 12.1 Å². The van der Waals surface area contributed by atoms with Crippen LogP contribution in [0.15, 0.2) is 31.0 Å². The molecular formula is C21H23N9O2. The number of amides is 1. The molecule has 0 saturated carbocycles. The zero-order valence-electron chi connectivity index (χ0n) is 18.1. The van der Waals surface area contributed by atoms with Gasteiger partial charge in [0.2, 0.25) is 5.88 Å². The number of likely N-dealkylation sites (tertiary alicyclic amines) is 1. The number of imidazole rings is 1.